The Balaban J connectivity index is 0.00000156. The van der Waals surface area contributed by atoms with Gasteiger partial charge >= 0.3 is 0 Å². The van der Waals surface area contributed by atoms with Gasteiger partial charge in [-0.25, -0.2) is 0 Å². The molecule has 1 aliphatic carbocycles. The molecule has 1 aromatic rings. The van der Waals surface area contributed by atoms with Crippen molar-refractivity contribution in [3.05, 3.63) is 35.4 Å². The predicted molar refractivity (Wildman–Crippen MR) is 107 cm³/mol. The van der Waals surface area contributed by atoms with E-state index in [0.29, 0.717) is 30.9 Å². The molecule has 2 bridgehead atoms. The Morgan fingerprint density at radius 3 is 3.07 bits per heavy atom. The highest BCUT2D eigenvalue weighted by molar-refractivity contribution is 5.99. The minimum atomic E-state index is 0. The molecule has 7 rings (SSSR count). The van der Waals surface area contributed by atoms with E-state index in [1.54, 1.807) is 12.7 Å². The minimum Gasteiger partial charge on any atom is -0.497 e. The van der Waals surface area contributed by atoms with Crippen LogP contribution in [0.5, 0.6) is 5.75 Å². The predicted octanol–water partition coefficient (Wildman–Crippen LogP) is 2.52. The SMILES string of the molecule is COc1ccc2c(c1)N1C(=O)C[C@@H]3OCC=C4CN5CC[C@]26[C@@H]5C[C@@H]4[C@@H]3[C@H]16.Cl. The average molecular weight is 401 g/mol. The number of benzene rings is 1. The molecule has 0 radical (unpaired) electrons. The van der Waals surface area contributed by atoms with E-state index in [4.69, 9.17) is 9.47 Å². The normalized spacial score (nSPS) is 41.8. The smallest absolute Gasteiger partial charge is 0.229 e. The molecule has 5 heterocycles. The van der Waals surface area contributed by atoms with E-state index in [0.717, 1.165) is 30.9 Å². The van der Waals surface area contributed by atoms with Crippen LogP contribution in [0.3, 0.4) is 0 Å². The Hall–Kier alpha value is -1.56. The van der Waals surface area contributed by atoms with Crippen LogP contribution in [0.2, 0.25) is 0 Å². The largest absolute Gasteiger partial charge is 0.497 e. The molecule has 6 aliphatic rings. The third-order valence-electron chi connectivity index (χ3n) is 8.52. The van der Waals surface area contributed by atoms with Crippen molar-refractivity contribution < 1.29 is 14.3 Å². The fraction of sp³-hybridized carbons (Fsp3) is 0.591. The number of methoxy groups -OCH3 is 1. The summed E-state index contributed by atoms with van der Waals surface area (Å²) in [6.07, 6.45) is 5.28. The summed E-state index contributed by atoms with van der Waals surface area (Å²) in [5, 5.41) is 0. The zero-order valence-electron chi connectivity index (χ0n) is 16.0. The van der Waals surface area contributed by atoms with Crippen LogP contribution in [-0.4, -0.2) is 55.8 Å². The maximum absolute atomic E-state index is 13.3. The Morgan fingerprint density at radius 2 is 2.21 bits per heavy atom. The van der Waals surface area contributed by atoms with E-state index in [1.165, 1.54) is 12.0 Å². The van der Waals surface area contributed by atoms with Gasteiger partial charge in [-0.3, -0.25) is 9.69 Å². The number of fused-ring (bicyclic) bond motifs is 2. The first-order valence-corrected chi connectivity index (χ1v) is 10.3. The van der Waals surface area contributed by atoms with Crippen molar-refractivity contribution in [3.63, 3.8) is 0 Å². The van der Waals surface area contributed by atoms with Crippen LogP contribution >= 0.6 is 12.4 Å². The second-order valence-corrected chi connectivity index (χ2v) is 9.14. The molecule has 6 atom stereocenters. The number of rotatable bonds is 1. The summed E-state index contributed by atoms with van der Waals surface area (Å²) in [7, 11) is 1.70. The summed E-state index contributed by atoms with van der Waals surface area (Å²) in [5.74, 6) is 2.07. The quantitative estimate of drug-likeness (QED) is 0.679. The zero-order valence-corrected chi connectivity index (χ0v) is 16.8. The molecule has 5 nitrogen and oxygen atoms in total. The summed E-state index contributed by atoms with van der Waals surface area (Å²) >= 11 is 0. The van der Waals surface area contributed by atoms with Crippen molar-refractivity contribution in [2.45, 2.75) is 42.9 Å². The zero-order chi connectivity index (χ0) is 17.9. The van der Waals surface area contributed by atoms with E-state index in [1.807, 2.05) is 0 Å². The Bertz CT molecular complexity index is 917. The van der Waals surface area contributed by atoms with E-state index in [-0.39, 0.29) is 35.9 Å². The van der Waals surface area contributed by atoms with Crippen molar-refractivity contribution in [2.75, 3.05) is 31.7 Å². The van der Waals surface area contributed by atoms with E-state index in [9.17, 15) is 4.79 Å². The maximum Gasteiger partial charge on any atom is 0.229 e. The lowest BCUT2D eigenvalue weighted by Crippen LogP contribution is -2.69. The molecular weight excluding hydrogens is 376 g/mol. The van der Waals surface area contributed by atoms with Gasteiger partial charge in [0.15, 0.2) is 0 Å². The molecule has 5 aliphatic heterocycles. The fourth-order valence-corrected chi connectivity index (χ4v) is 7.66. The van der Waals surface area contributed by atoms with Crippen LogP contribution in [0.4, 0.5) is 5.69 Å². The highest BCUT2D eigenvalue weighted by Gasteiger charge is 2.71. The number of carbonyl (C=O) groups is 1. The molecule has 0 N–H and O–H groups in total. The van der Waals surface area contributed by atoms with Crippen molar-refractivity contribution >= 4 is 24.0 Å². The standard InChI is InChI=1S/C22H24N2O3.ClH/c1-26-13-2-3-15-16(8-13)24-19(25)10-17-20-14-9-18-22(15,21(20)24)5-6-23(18)11-12(14)4-7-27-17;/h2-4,8,14,17-18,20-21H,5-7,9-11H2,1H3;1H/t14-,17-,18-,20-,21-,22+;/m0./s1. The molecule has 1 amide bonds. The molecule has 1 saturated carbocycles. The number of ether oxygens (including phenoxy) is 2. The lowest BCUT2D eigenvalue weighted by molar-refractivity contribution is -0.132. The van der Waals surface area contributed by atoms with Crippen molar-refractivity contribution in [1.29, 1.82) is 0 Å². The number of carbonyl (C=O) groups excluding carboxylic acids is 1. The first-order valence-electron chi connectivity index (χ1n) is 10.3. The number of hydrogen-bond acceptors (Lipinski definition) is 4. The summed E-state index contributed by atoms with van der Waals surface area (Å²) in [6, 6.07) is 7.22. The molecule has 6 heteroatoms. The molecule has 148 valence electrons. The number of nitrogens with zero attached hydrogens (tertiary/aromatic N) is 2. The highest BCUT2D eigenvalue weighted by Crippen LogP contribution is 2.65. The third-order valence-corrected chi connectivity index (χ3v) is 8.52. The second-order valence-electron chi connectivity index (χ2n) is 9.14. The van der Waals surface area contributed by atoms with Gasteiger partial charge in [0.05, 0.1) is 38.0 Å². The van der Waals surface area contributed by atoms with Crippen LogP contribution in [0, 0.1) is 11.8 Å². The van der Waals surface area contributed by atoms with Crippen molar-refractivity contribution in [3.8, 4) is 5.75 Å². The molecule has 1 aromatic carbocycles. The van der Waals surface area contributed by atoms with E-state index >= 15 is 0 Å². The lowest BCUT2D eigenvalue weighted by Gasteiger charge is -2.58. The van der Waals surface area contributed by atoms with Gasteiger partial charge < -0.3 is 14.4 Å². The molecule has 0 unspecified atom stereocenters. The lowest BCUT2D eigenvalue weighted by atomic mass is 9.53. The number of hydrogen-bond donors (Lipinski definition) is 0. The van der Waals surface area contributed by atoms with Crippen LogP contribution in [0.1, 0.15) is 24.8 Å². The first kappa shape index (κ1) is 17.3. The van der Waals surface area contributed by atoms with Gasteiger partial charge in [0, 0.05) is 30.0 Å². The average Bonchev–Trinajstić information content (AvgIpc) is 3.15. The van der Waals surface area contributed by atoms with Gasteiger partial charge in [-0.15, -0.1) is 12.4 Å². The molecule has 3 saturated heterocycles. The van der Waals surface area contributed by atoms with E-state index < -0.39 is 0 Å². The van der Waals surface area contributed by atoms with Gasteiger partial charge in [-0.05, 0) is 36.9 Å². The van der Waals surface area contributed by atoms with E-state index in [2.05, 4.69) is 34.1 Å². The summed E-state index contributed by atoms with van der Waals surface area (Å²) in [4.78, 5) is 18.2. The highest BCUT2D eigenvalue weighted by atomic mass is 35.5. The van der Waals surface area contributed by atoms with Gasteiger partial charge in [-0.1, -0.05) is 17.7 Å². The summed E-state index contributed by atoms with van der Waals surface area (Å²) in [5.41, 5.74) is 4.12. The van der Waals surface area contributed by atoms with Gasteiger partial charge in [0.25, 0.3) is 0 Å². The van der Waals surface area contributed by atoms with Crippen LogP contribution in [0.25, 0.3) is 0 Å². The van der Waals surface area contributed by atoms with Gasteiger partial charge in [0.1, 0.15) is 5.75 Å². The number of piperidine rings is 2. The molecule has 4 fully saturated rings. The molecule has 28 heavy (non-hydrogen) atoms. The van der Waals surface area contributed by atoms with Crippen LogP contribution in [0.15, 0.2) is 29.8 Å². The minimum absolute atomic E-state index is 0. The van der Waals surface area contributed by atoms with Gasteiger partial charge in [0.2, 0.25) is 5.91 Å². The van der Waals surface area contributed by atoms with Crippen LogP contribution in [-0.2, 0) is 14.9 Å². The molecular formula is C22H25ClN2O3. The molecule has 0 aromatic heterocycles. The first-order chi connectivity index (χ1) is 13.2. The van der Waals surface area contributed by atoms with Crippen molar-refractivity contribution in [2.24, 2.45) is 11.8 Å². The summed E-state index contributed by atoms with van der Waals surface area (Å²) in [6.45, 7) is 2.89. The number of halogens is 1. The Kier molecular flexibility index (Phi) is 3.42. The van der Waals surface area contributed by atoms with Crippen LogP contribution < -0.4 is 9.64 Å². The monoisotopic (exact) mass is 400 g/mol. The Morgan fingerprint density at radius 1 is 1.32 bits per heavy atom. The third kappa shape index (κ3) is 1.76. The second kappa shape index (κ2) is 5.53. The Labute approximate surface area is 171 Å². The fourth-order valence-electron chi connectivity index (χ4n) is 7.66. The molecule has 1 spiro atoms. The summed E-state index contributed by atoms with van der Waals surface area (Å²) < 4.78 is 11.8. The number of anilines is 1. The maximum atomic E-state index is 13.3. The van der Waals surface area contributed by atoms with Crippen molar-refractivity contribution in [1.82, 2.24) is 4.90 Å². The topological polar surface area (TPSA) is 42.0 Å². The number of amides is 1. The van der Waals surface area contributed by atoms with Gasteiger partial charge in [-0.2, -0.15) is 0 Å².